The van der Waals surface area contributed by atoms with Crippen LogP contribution in [0.4, 0.5) is 0 Å². The standard InChI is InChI=1S/C8H15NO2S/c1-11-5-7(10)9-6-8(12-2)3-4-8/h3-6H2,1-2H3,(H,9,10). The van der Waals surface area contributed by atoms with Crippen molar-refractivity contribution >= 4 is 17.7 Å². The van der Waals surface area contributed by atoms with Gasteiger partial charge in [-0.15, -0.1) is 0 Å². The number of hydrogen-bond donors (Lipinski definition) is 1. The molecule has 12 heavy (non-hydrogen) atoms. The molecule has 0 heterocycles. The Labute approximate surface area is 77.2 Å². The van der Waals surface area contributed by atoms with Crippen LogP contribution in [0.1, 0.15) is 12.8 Å². The van der Waals surface area contributed by atoms with Crippen LogP contribution in [0.3, 0.4) is 0 Å². The molecule has 0 bridgehead atoms. The molecule has 0 aromatic carbocycles. The summed E-state index contributed by atoms with van der Waals surface area (Å²) in [5, 5.41) is 2.85. The summed E-state index contributed by atoms with van der Waals surface area (Å²) >= 11 is 1.84. The van der Waals surface area contributed by atoms with Crippen molar-refractivity contribution in [3.8, 4) is 0 Å². The Morgan fingerprint density at radius 1 is 1.67 bits per heavy atom. The van der Waals surface area contributed by atoms with Crippen molar-refractivity contribution in [1.29, 1.82) is 0 Å². The maximum Gasteiger partial charge on any atom is 0.246 e. The van der Waals surface area contributed by atoms with E-state index in [1.54, 1.807) is 0 Å². The molecule has 1 rings (SSSR count). The number of carbonyl (C=O) groups excluding carboxylic acids is 1. The Morgan fingerprint density at radius 2 is 2.33 bits per heavy atom. The molecule has 0 aliphatic heterocycles. The van der Waals surface area contributed by atoms with Gasteiger partial charge in [0.1, 0.15) is 6.61 Å². The van der Waals surface area contributed by atoms with Gasteiger partial charge in [0.05, 0.1) is 0 Å². The van der Waals surface area contributed by atoms with Crippen LogP contribution >= 0.6 is 11.8 Å². The van der Waals surface area contributed by atoms with Gasteiger partial charge >= 0.3 is 0 Å². The fraction of sp³-hybridized carbons (Fsp3) is 0.875. The zero-order valence-corrected chi connectivity index (χ0v) is 8.37. The Kier molecular flexibility index (Phi) is 3.40. The minimum absolute atomic E-state index is 0.0159. The Morgan fingerprint density at radius 3 is 2.75 bits per heavy atom. The van der Waals surface area contributed by atoms with E-state index in [-0.39, 0.29) is 12.5 Å². The van der Waals surface area contributed by atoms with Crippen molar-refractivity contribution in [2.24, 2.45) is 0 Å². The van der Waals surface area contributed by atoms with E-state index >= 15 is 0 Å². The molecule has 1 aliphatic carbocycles. The van der Waals surface area contributed by atoms with E-state index in [9.17, 15) is 4.79 Å². The molecule has 0 saturated heterocycles. The highest BCUT2D eigenvalue weighted by Gasteiger charge is 2.41. The molecule has 4 heteroatoms. The summed E-state index contributed by atoms with van der Waals surface area (Å²) in [6.45, 7) is 0.959. The Hall–Kier alpha value is -0.220. The molecule has 1 aliphatic rings. The Bertz CT molecular complexity index is 168. The SMILES string of the molecule is COCC(=O)NCC1(SC)CC1. The van der Waals surface area contributed by atoms with Crippen LogP contribution in [0.25, 0.3) is 0 Å². The highest BCUT2D eigenvalue weighted by Crippen LogP contribution is 2.46. The van der Waals surface area contributed by atoms with Gasteiger partial charge in [0.2, 0.25) is 5.91 Å². The quantitative estimate of drug-likeness (QED) is 0.690. The molecule has 1 saturated carbocycles. The second-order valence-corrected chi connectivity index (χ2v) is 4.37. The van der Waals surface area contributed by atoms with Crippen molar-refractivity contribution in [2.45, 2.75) is 17.6 Å². The first-order valence-corrected chi connectivity index (χ1v) is 5.26. The van der Waals surface area contributed by atoms with Crippen LogP contribution < -0.4 is 5.32 Å². The van der Waals surface area contributed by atoms with Gasteiger partial charge < -0.3 is 10.1 Å². The van der Waals surface area contributed by atoms with Gasteiger partial charge in [-0.25, -0.2) is 0 Å². The third-order valence-corrected chi connectivity index (χ3v) is 3.54. The zero-order chi connectivity index (χ0) is 9.03. The first-order chi connectivity index (χ1) is 5.72. The van der Waals surface area contributed by atoms with Gasteiger partial charge in [0.15, 0.2) is 0 Å². The van der Waals surface area contributed by atoms with Crippen molar-refractivity contribution < 1.29 is 9.53 Å². The smallest absolute Gasteiger partial charge is 0.246 e. The second-order valence-electron chi connectivity index (χ2n) is 3.10. The monoisotopic (exact) mass is 189 g/mol. The number of ether oxygens (including phenoxy) is 1. The van der Waals surface area contributed by atoms with Crippen molar-refractivity contribution in [1.82, 2.24) is 5.32 Å². The molecule has 1 fully saturated rings. The average molecular weight is 189 g/mol. The van der Waals surface area contributed by atoms with Crippen LogP contribution in [0, 0.1) is 0 Å². The molecule has 1 N–H and O–H groups in total. The molecule has 3 nitrogen and oxygen atoms in total. The summed E-state index contributed by atoms with van der Waals surface area (Å²) in [5.74, 6) is -0.0159. The highest BCUT2D eigenvalue weighted by molar-refractivity contribution is 8.00. The normalized spacial score (nSPS) is 18.8. The summed E-state index contributed by atoms with van der Waals surface area (Å²) < 4.78 is 5.05. The van der Waals surface area contributed by atoms with E-state index in [2.05, 4.69) is 11.6 Å². The van der Waals surface area contributed by atoms with Gasteiger partial charge in [-0.1, -0.05) is 0 Å². The van der Waals surface area contributed by atoms with Crippen molar-refractivity contribution in [3.63, 3.8) is 0 Å². The summed E-state index contributed by atoms with van der Waals surface area (Å²) in [6, 6.07) is 0. The molecular formula is C8H15NO2S. The van der Waals surface area contributed by atoms with Crippen molar-refractivity contribution in [2.75, 3.05) is 26.5 Å². The van der Waals surface area contributed by atoms with E-state index in [0.29, 0.717) is 4.75 Å². The predicted octanol–water partition coefficient (Wildman–Crippen LogP) is 0.645. The minimum atomic E-state index is -0.0159. The fourth-order valence-corrected chi connectivity index (χ4v) is 1.76. The van der Waals surface area contributed by atoms with Crippen molar-refractivity contribution in [3.05, 3.63) is 0 Å². The lowest BCUT2D eigenvalue weighted by Crippen LogP contribution is -2.33. The molecule has 0 spiro atoms. The number of rotatable bonds is 5. The van der Waals surface area contributed by atoms with E-state index in [4.69, 9.17) is 4.74 Å². The lowest BCUT2D eigenvalue weighted by molar-refractivity contribution is -0.124. The van der Waals surface area contributed by atoms with Crippen LogP contribution in [0.5, 0.6) is 0 Å². The lowest BCUT2D eigenvalue weighted by atomic mass is 10.4. The van der Waals surface area contributed by atoms with Gasteiger partial charge in [0.25, 0.3) is 0 Å². The van der Waals surface area contributed by atoms with Crippen LogP contribution in [0.15, 0.2) is 0 Å². The number of carbonyl (C=O) groups is 1. The summed E-state index contributed by atoms with van der Waals surface area (Å²) in [7, 11) is 1.53. The number of hydrogen-bond acceptors (Lipinski definition) is 3. The van der Waals surface area contributed by atoms with E-state index in [0.717, 1.165) is 6.54 Å². The van der Waals surface area contributed by atoms with E-state index < -0.39 is 0 Å². The van der Waals surface area contributed by atoms with Crippen LogP contribution in [0.2, 0.25) is 0 Å². The van der Waals surface area contributed by atoms with Crippen LogP contribution in [-0.4, -0.2) is 37.2 Å². The van der Waals surface area contributed by atoms with E-state index in [1.807, 2.05) is 11.8 Å². The topological polar surface area (TPSA) is 38.3 Å². The maximum atomic E-state index is 11.0. The Balaban J connectivity index is 2.12. The summed E-state index contributed by atoms with van der Waals surface area (Å²) in [5.41, 5.74) is 0. The molecular weight excluding hydrogens is 174 g/mol. The molecule has 0 unspecified atom stereocenters. The fourth-order valence-electron chi connectivity index (χ4n) is 1.03. The number of amides is 1. The molecule has 0 aromatic heterocycles. The molecule has 70 valence electrons. The minimum Gasteiger partial charge on any atom is -0.375 e. The van der Waals surface area contributed by atoms with E-state index in [1.165, 1.54) is 20.0 Å². The average Bonchev–Trinajstić information content (AvgIpc) is 2.82. The third-order valence-electron chi connectivity index (χ3n) is 2.12. The van der Waals surface area contributed by atoms with Crippen LogP contribution in [-0.2, 0) is 9.53 Å². The molecule has 1 amide bonds. The first-order valence-electron chi connectivity index (χ1n) is 4.03. The summed E-state index contributed by atoms with van der Waals surface area (Å²) in [4.78, 5) is 11.0. The maximum absolute atomic E-state index is 11.0. The highest BCUT2D eigenvalue weighted by atomic mass is 32.2. The second kappa shape index (κ2) is 4.14. The molecule has 0 atom stereocenters. The van der Waals surface area contributed by atoms with Gasteiger partial charge in [0, 0.05) is 18.4 Å². The third kappa shape index (κ3) is 2.68. The number of nitrogens with one attached hydrogen (secondary N) is 1. The lowest BCUT2D eigenvalue weighted by Gasteiger charge is -2.12. The van der Waals surface area contributed by atoms with Gasteiger partial charge in [-0.3, -0.25) is 4.79 Å². The zero-order valence-electron chi connectivity index (χ0n) is 7.55. The number of thioether (sulfide) groups is 1. The first kappa shape index (κ1) is 9.86. The largest absolute Gasteiger partial charge is 0.375 e. The van der Waals surface area contributed by atoms with Gasteiger partial charge in [-0.2, -0.15) is 11.8 Å². The summed E-state index contributed by atoms with van der Waals surface area (Å²) in [6.07, 6.45) is 4.54. The number of methoxy groups -OCH3 is 1. The molecule has 0 radical (unpaired) electrons. The predicted molar refractivity (Wildman–Crippen MR) is 50.4 cm³/mol. The van der Waals surface area contributed by atoms with Gasteiger partial charge in [-0.05, 0) is 19.1 Å². The molecule has 0 aromatic rings.